The van der Waals surface area contributed by atoms with Gasteiger partial charge in [-0.05, 0) is 22.3 Å². The van der Waals surface area contributed by atoms with Crippen molar-refractivity contribution in [3.63, 3.8) is 0 Å². The molecule has 0 unspecified atom stereocenters. The van der Waals surface area contributed by atoms with Crippen molar-refractivity contribution in [2.45, 2.75) is 27.4 Å². The molecule has 0 bridgehead atoms. The summed E-state index contributed by atoms with van der Waals surface area (Å²) in [7, 11) is 2.67. The molecule has 7 aromatic rings. The Labute approximate surface area is 410 Å². The zero-order chi connectivity index (χ0) is 48.0. The summed E-state index contributed by atoms with van der Waals surface area (Å²) in [5.41, 5.74) is 2.43. The smallest absolute Gasteiger partial charge is 0.388 e. The van der Waals surface area contributed by atoms with Gasteiger partial charge in [-0.1, -0.05) is 157 Å². The lowest BCUT2D eigenvalue weighted by atomic mass is 9.77. The molecule has 2 aromatic heterocycles. The summed E-state index contributed by atoms with van der Waals surface area (Å²) in [6, 6.07) is 51.5. The van der Waals surface area contributed by atoms with Gasteiger partial charge in [-0.25, -0.2) is 9.78 Å². The van der Waals surface area contributed by atoms with Gasteiger partial charge in [0.05, 0.1) is 18.8 Å². The number of carboxylic acids is 1. The van der Waals surface area contributed by atoms with Crippen molar-refractivity contribution in [2.24, 2.45) is 5.16 Å². The molecular formula is C53H44N6O7S3. The lowest BCUT2D eigenvalue weighted by molar-refractivity contribution is -0.731. The number of aliphatic carboxylic acids is 1. The van der Waals surface area contributed by atoms with Crippen LogP contribution in [-0.2, 0) is 39.8 Å². The Balaban J connectivity index is 0.917. The van der Waals surface area contributed by atoms with Gasteiger partial charge in [-0.2, -0.15) is 4.57 Å². The molecule has 2 aliphatic heterocycles. The van der Waals surface area contributed by atoms with E-state index in [9.17, 15) is 24.3 Å². The fourth-order valence-electron chi connectivity index (χ4n) is 8.88. The molecule has 16 heteroatoms. The third-order valence-electron chi connectivity index (χ3n) is 12.0. The van der Waals surface area contributed by atoms with Gasteiger partial charge in [0.1, 0.15) is 29.8 Å². The average molecular weight is 973 g/mol. The topological polar surface area (TPSA) is 166 Å². The van der Waals surface area contributed by atoms with E-state index >= 15 is 0 Å². The number of carbonyl (C=O) groups is 4. The maximum absolute atomic E-state index is 14.0. The van der Waals surface area contributed by atoms with Gasteiger partial charge < -0.3 is 30.1 Å². The molecule has 1 fully saturated rings. The number of esters is 1. The van der Waals surface area contributed by atoms with Crippen LogP contribution in [0.25, 0.3) is 0 Å². The highest BCUT2D eigenvalue weighted by molar-refractivity contribution is 8.01. The number of thiazole rings is 1. The molecule has 13 nitrogen and oxygen atoms in total. The molecule has 2 aliphatic rings. The first-order valence-electron chi connectivity index (χ1n) is 21.8. The van der Waals surface area contributed by atoms with E-state index in [0.29, 0.717) is 21.8 Å². The standard InChI is InChI=1S/C53H44N6O7S3/c1-65-50(64)53(39-24-14-6-15-25-39,40-26-16-7-17-27-40)58-30-28-41(29-31-58)67-32-35-33-68-48-44(47(61)59(48)45(35)49(62)63)55-46(60)43(57-66-2)42-34-69-51(54-42)56-52(36-18-8-3-9-19-36,37-20-10-4-11-21-37)38-22-12-5-13-23-38/h3-31,34,44,48H,32-33H2,1-2H3,(H2-,54,55,56,60,62,63)/t44-,48-/m1/s1. The van der Waals surface area contributed by atoms with Gasteiger partial charge in [-0.3, -0.25) is 14.5 Å². The summed E-state index contributed by atoms with van der Waals surface area (Å²) in [5, 5.41) is 24.7. The normalized spacial score (nSPS) is 15.9. The van der Waals surface area contributed by atoms with E-state index < -0.39 is 46.2 Å². The van der Waals surface area contributed by atoms with Crippen LogP contribution in [-0.4, -0.2) is 76.5 Å². The number of rotatable bonds is 17. The molecule has 0 saturated carbocycles. The number of hydrogen-bond acceptors (Lipinski definition) is 13. The number of pyridine rings is 1. The van der Waals surface area contributed by atoms with Gasteiger partial charge in [-0.15, -0.1) is 34.9 Å². The van der Waals surface area contributed by atoms with Crippen molar-refractivity contribution in [1.29, 1.82) is 0 Å². The average Bonchev–Trinajstić information content (AvgIpc) is 3.87. The quantitative estimate of drug-likeness (QED) is 0.0199. The predicted molar refractivity (Wildman–Crippen MR) is 264 cm³/mol. The second-order valence-corrected chi connectivity index (χ2v) is 18.9. The molecule has 4 heterocycles. The zero-order valence-electron chi connectivity index (χ0n) is 37.3. The maximum atomic E-state index is 14.0. The van der Waals surface area contributed by atoms with Crippen LogP contribution in [0.4, 0.5) is 5.13 Å². The van der Waals surface area contributed by atoms with Gasteiger partial charge in [0.25, 0.3) is 11.8 Å². The molecule has 0 radical (unpaired) electrons. The second kappa shape index (κ2) is 20.4. The number of β-lactam (4-membered cyclic amide) rings is 1. The van der Waals surface area contributed by atoms with E-state index in [-0.39, 0.29) is 28.6 Å². The van der Waals surface area contributed by atoms with E-state index in [1.807, 2.05) is 164 Å². The molecule has 9 rings (SSSR count). The van der Waals surface area contributed by atoms with Crippen molar-refractivity contribution in [1.82, 2.24) is 15.2 Å². The molecule has 0 spiro atoms. The Hall–Kier alpha value is -7.53. The number of nitrogens with one attached hydrogen (secondary N) is 2. The van der Waals surface area contributed by atoms with Crippen LogP contribution in [0.2, 0.25) is 0 Å². The van der Waals surface area contributed by atoms with Crippen LogP contribution in [0.1, 0.15) is 33.5 Å². The van der Waals surface area contributed by atoms with Crippen molar-refractivity contribution < 1.29 is 38.4 Å². The largest absolute Gasteiger partial charge is 0.543 e. The minimum absolute atomic E-state index is 0.160. The number of carbonyl (C=O) groups excluding carboxylic acids is 4. The summed E-state index contributed by atoms with van der Waals surface area (Å²) >= 11 is 4.00. The number of hydrogen-bond donors (Lipinski definition) is 2. The SMILES string of the molecule is CON=C(C(=O)N[C@@H]1C(=O)N2C(C(=O)[O-])=C(CSc3cc[n+](C(C(=O)OC)(c4ccccc4)c4ccccc4)cc3)CS[C@H]12)c1csc(NC(c2ccccc2)(c2ccccc2)c2ccccc2)n1. The molecule has 346 valence electrons. The number of aromatic nitrogens is 2. The van der Waals surface area contributed by atoms with Crippen LogP contribution < -0.4 is 20.3 Å². The summed E-state index contributed by atoms with van der Waals surface area (Å²) < 4.78 is 7.22. The number of amides is 2. The third-order valence-corrected chi connectivity index (χ3v) is 15.2. The number of carboxylic acid groups (broad SMARTS) is 1. The summed E-state index contributed by atoms with van der Waals surface area (Å²) in [6.45, 7) is 0. The predicted octanol–water partition coefficient (Wildman–Crippen LogP) is 6.35. The molecule has 2 N–H and O–H groups in total. The summed E-state index contributed by atoms with van der Waals surface area (Å²) in [4.78, 5) is 66.3. The first-order valence-corrected chi connectivity index (χ1v) is 24.7. The zero-order valence-corrected chi connectivity index (χ0v) is 39.7. The van der Waals surface area contributed by atoms with E-state index in [4.69, 9.17) is 14.6 Å². The second-order valence-electron chi connectivity index (χ2n) is 15.9. The number of ether oxygens (including phenoxy) is 1. The molecule has 5 aromatic carbocycles. The van der Waals surface area contributed by atoms with E-state index in [0.717, 1.165) is 21.6 Å². The fraction of sp³-hybridized carbons (Fsp3) is 0.151. The lowest BCUT2D eigenvalue weighted by Gasteiger charge is -2.50. The van der Waals surface area contributed by atoms with E-state index in [1.165, 1.54) is 54.0 Å². The first-order chi connectivity index (χ1) is 33.7. The van der Waals surface area contributed by atoms with Crippen molar-refractivity contribution in [3.8, 4) is 0 Å². The van der Waals surface area contributed by atoms with Crippen LogP contribution in [0.15, 0.2) is 203 Å². The van der Waals surface area contributed by atoms with Gasteiger partial charge in [0.15, 0.2) is 23.2 Å². The molecule has 69 heavy (non-hydrogen) atoms. The van der Waals surface area contributed by atoms with Crippen molar-refractivity contribution >= 4 is 69.5 Å². The Bertz CT molecular complexity index is 2900. The lowest BCUT2D eigenvalue weighted by Crippen LogP contribution is -2.71. The number of fused-ring (bicyclic) bond motifs is 1. The Morgan fingerprint density at radius 1 is 0.783 bits per heavy atom. The Morgan fingerprint density at radius 3 is 1.77 bits per heavy atom. The number of thioether (sulfide) groups is 2. The molecule has 1 saturated heterocycles. The number of benzene rings is 5. The highest BCUT2D eigenvalue weighted by atomic mass is 32.2. The fourth-order valence-corrected chi connectivity index (χ4v) is 12.0. The third kappa shape index (κ3) is 8.78. The monoisotopic (exact) mass is 972 g/mol. The highest BCUT2D eigenvalue weighted by Gasteiger charge is 2.54. The maximum Gasteiger partial charge on any atom is 0.388 e. The number of methoxy groups -OCH3 is 1. The Morgan fingerprint density at radius 2 is 1.29 bits per heavy atom. The number of nitrogens with zero attached hydrogens (tertiary/aromatic N) is 4. The van der Waals surface area contributed by atoms with Crippen LogP contribution in [0.5, 0.6) is 0 Å². The molecule has 0 aliphatic carbocycles. The van der Waals surface area contributed by atoms with Crippen LogP contribution in [0.3, 0.4) is 0 Å². The minimum Gasteiger partial charge on any atom is -0.543 e. The van der Waals surface area contributed by atoms with Gasteiger partial charge in [0, 0.05) is 45.0 Å². The van der Waals surface area contributed by atoms with Crippen LogP contribution in [0, 0.1) is 0 Å². The highest BCUT2D eigenvalue weighted by Crippen LogP contribution is 2.43. The number of anilines is 1. The van der Waals surface area contributed by atoms with Crippen molar-refractivity contribution in [2.75, 3.05) is 31.0 Å². The van der Waals surface area contributed by atoms with Gasteiger partial charge in [0.2, 0.25) is 0 Å². The van der Waals surface area contributed by atoms with Gasteiger partial charge >= 0.3 is 11.5 Å². The van der Waals surface area contributed by atoms with E-state index in [2.05, 4.69) is 15.8 Å². The minimum atomic E-state index is -1.49. The number of oxime groups is 1. The van der Waals surface area contributed by atoms with E-state index in [1.54, 1.807) is 22.3 Å². The first kappa shape index (κ1) is 46.6. The Kier molecular flexibility index (Phi) is 13.7. The summed E-state index contributed by atoms with van der Waals surface area (Å²) in [5.74, 6) is -2.78. The molecule has 2 amide bonds. The van der Waals surface area contributed by atoms with Crippen molar-refractivity contribution in [3.05, 3.63) is 226 Å². The molecule has 2 atom stereocenters. The molecular weight excluding hydrogens is 929 g/mol. The van der Waals surface area contributed by atoms with Crippen LogP contribution >= 0.6 is 34.9 Å². The summed E-state index contributed by atoms with van der Waals surface area (Å²) in [6.07, 6.45) is 3.59.